The number of hydrogen-bond acceptors (Lipinski definition) is 4. The van der Waals surface area contributed by atoms with Crippen molar-refractivity contribution in [1.29, 1.82) is 0 Å². The highest BCUT2D eigenvalue weighted by molar-refractivity contribution is 14.1. The molecule has 2 N–H and O–H groups in total. The first kappa shape index (κ1) is 13.1. The van der Waals surface area contributed by atoms with Crippen LogP contribution in [0.1, 0.15) is 6.42 Å². The number of rotatable bonds is 1. The summed E-state index contributed by atoms with van der Waals surface area (Å²) in [5, 5.41) is 3.56. The number of hydrogen-bond donors (Lipinski definition) is 1. The molecule has 3 heterocycles. The van der Waals surface area contributed by atoms with Crippen molar-refractivity contribution in [3.05, 3.63) is 10.7 Å². The highest BCUT2D eigenvalue weighted by Gasteiger charge is 2.34. The van der Waals surface area contributed by atoms with E-state index in [9.17, 15) is 0 Å². The third-order valence-corrected chi connectivity index (χ3v) is 4.97. The second-order valence-electron chi connectivity index (χ2n) is 3.68. The first-order valence-corrected chi connectivity index (χ1v) is 7.55. The minimum absolute atomic E-state index is 0. The smallest absolute Gasteiger partial charge is 0.219 e. The molecule has 0 aromatic carbocycles. The molecule has 3 aliphatic rings. The molecule has 16 heavy (non-hydrogen) atoms. The van der Waals surface area contributed by atoms with E-state index in [0.717, 1.165) is 16.9 Å². The maximum absolute atomic E-state index is 4.42. The fraction of sp³-hybridized carbons (Fsp3) is 0.556. The average molecular weight is 462 g/mol. The Bertz CT molecular complexity index is 380. The lowest BCUT2D eigenvalue weighted by Crippen LogP contribution is -3.00. The summed E-state index contributed by atoms with van der Waals surface area (Å²) < 4.78 is 1.16. The standard InChI is InChI=1S/C9H11IN4S.HI/c10-3-6-1-2-15-9-7-8(12-4-11-7)13-5-14(6)9;/h5-6,11H,1-4H2;1H. The number of nitrogens with two attached hydrogens (primary N) is 1. The monoisotopic (exact) mass is 462 g/mol. The lowest BCUT2D eigenvalue weighted by Gasteiger charge is -2.35. The number of halogens is 2. The number of quaternary nitrogens is 1. The summed E-state index contributed by atoms with van der Waals surface area (Å²) in [6.45, 7) is 0.800. The van der Waals surface area contributed by atoms with E-state index in [4.69, 9.17) is 0 Å². The van der Waals surface area contributed by atoms with Gasteiger partial charge in [0.1, 0.15) is 5.03 Å². The average Bonchev–Trinajstić information content (AvgIpc) is 2.76. The number of fused-ring (bicyclic) bond motifs is 2. The molecular formula is C9H12I2N4S. The molecule has 0 radical (unpaired) electrons. The Labute approximate surface area is 130 Å². The number of alkyl halides is 1. The van der Waals surface area contributed by atoms with Crippen LogP contribution in [-0.4, -0.2) is 40.0 Å². The quantitative estimate of drug-likeness (QED) is 0.343. The van der Waals surface area contributed by atoms with Crippen LogP contribution < -0.4 is 29.3 Å². The molecule has 4 nitrogen and oxygen atoms in total. The van der Waals surface area contributed by atoms with Crippen LogP contribution in [0.15, 0.2) is 20.7 Å². The highest BCUT2D eigenvalue weighted by Crippen LogP contribution is 2.34. The molecule has 1 unspecified atom stereocenters. The highest BCUT2D eigenvalue weighted by atomic mass is 127. The van der Waals surface area contributed by atoms with Crippen LogP contribution in [0.4, 0.5) is 0 Å². The zero-order chi connectivity index (χ0) is 10.3. The topological polar surface area (TPSA) is 44.6 Å². The molecular weight excluding hydrogens is 450 g/mol. The third-order valence-electron chi connectivity index (χ3n) is 2.81. The van der Waals surface area contributed by atoms with Crippen molar-refractivity contribution in [2.45, 2.75) is 12.5 Å². The fourth-order valence-electron chi connectivity index (χ4n) is 2.00. The largest absolute Gasteiger partial charge is 1.00 e. The van der Waals surface area contributed by atoms with Gasteiger partial charge in [-0.2, -0.15) is 0 Å². The van der Waals surface area contributed by atoms with E-state index in [2.05, 4.69) is 42.8 Å². The van der Waals surface area contributed by atoms with Crippen LogP contribution in [0.25, 0.3) is 0 Å². The number of nitrogens with zero attached hydrogens (tertiary/aromatic N) is 3. The Morgan fingerprint density at radius 1 is 1.62 bits per heavy atom. The number of thioether (sulfide) groups is 1. The van der Waals surface area contributed by atoms with Gasteiger partial charge in [-0.15, -0.1) is 11.8 Å². The summed E-state index contributed by atoms with van der Waals surface area (Å²) in [4.78, 5) is 11.1. The molecule has 0 aromatic rings. The maximum atomic E-state index is 4.42. The molecule has 0 saturated carbocycles. The van der Waals surface area contributed by atoms with E-state index in [0.29, 0.717) is 6.04 Å². The van der Waals surface area contributed by atoms with Crippen molar-refractivity contribution in [1.82, 2.24) is 4.90 Å². The van der Waals surface area contributed by atoms with Gasteiger partial charge in [0, 0.05) is 16.2 Å². The van der Waals surface area contributed by atoms with Crippen LogP contribution >= 0.6 is 34.4 Å². The van der Waals surface area contributed by atoms with Gasteiger partial charge in [0.05, 0.1) is 6.34 Å². The van der Waals surface area contributed by atoms with Gasteiger partial charge < -0.3 is 28.9 Å². The second-order valence-corrected chi connectivity index (χ2v) is 5.65. The van der Waals surface area contributed by atoms with Crippen molar-refractivity contribution in [2.75, 3.05) is 16.8 Å². The summed E-state index contributed by atoms with van der Waals surface area (Å²) >= 11 is 4.40. The van der Waals surface area contributed by atoms with E-state index < -0.39 is 0 Å². The molecule has 0 aliphatic carbocycles. The van der Waals surface area contributed by atoms with Crippen molar-refractivity contribution >= 4 is 46.5 Å². The lowest BCUT2D eigenvalue weighted by atomic mass is 10.2. The summed E-state index contributed by atoms with van der Waals surface area (Å²) in [6, 6.07) is 0.619. The lowest BCUT2D eigenvalue weighted by molar-refractivity contribution is -0.591. The van der Waals surface area contributed by atoms with Gasteiger partial charge >= 0.3 is 0 Å². The van der Waals surface area contributed by atoms with Gasteiger partial charge in [-0.25, -0.2) is 9.98 Å². The van der Waals surface area contributed by atoms with E-state index in [1.165, 1.54) is 22.9 Å². The second kappa shape index (κ2) is 5.53. The zero-order valence-corrected chi connectivity index (χ0v) is 13.7. The molecule has 1 atom stereocenters. The molecule has 3 rings (SSSR count). The van der Waals surface area contributed by atoms with Crippen LogP contribution in [0.5, 0.6) is 0 Å². The van der Waals surface area contributed by atoms with E-state index >= 15 is 0 Å². The van der Waals surface area contributed by atoms with Gasteiger partial charge in [0.2, 0.25) is 11.5 Å². The third kappa shape index (κ3) is 2.15. The molecule has 0 spiro atoms. The molecule has 0 bridgehead atoms. The Morgan fingerprint density at radius 2 is 2.50 bits per heavy atom. The summed E-state index contributed by atoms with van der Waals surface area (Å²) in [6.07, 6.45) is 3.22. The molecule has 3 aliphatic heterocycles. The predicted molar refractivity (Wildman–Crippen MR) is 71.3 cm³/mol. The Hall–Kier alpha value is 0.650. The minimum Gasteiger partial charge on any atom is -1.00 e. The minimum atomic E-state index is 0. The first-order valence-electron chi connectivity index (χ1n) is 5.04. The normalized spacial score (nSPS) is 27.2. The van der Waals surface area contributed by atoms with Crippen LogP contribution in [0, 0.1) is 0 Å². The van der Waals surface area contributed by atoms with Crippen LogP contribution in [-0.2, 0) is 0 Å². The molecule has 7 heteroatoms. The zero-order valence-electron chi connectivity index (χ0n) is 8.57. The Kier molecular flexibility index (Phi) is 4.52. The van der Waals surface area contributed by atoms with Gasteiger partial charge in [0.25, 0.3) is 0 Å². The number of aliphatic imine (C=N–C) groups is 2. The van der Waals surface area contributed by atoms with Crippen molar-refractivity contribution in [2.24, 2.45) is 9.98 Å². The van der Waals surface area contributed by atoms with Gasteiger partial charge in [-0.3, -0.25) is 5.32 Å². The molecule has 0 aromatic heterocycles. The van der Waals surface area contributed by atoms with Gasteiger partial charge in [0.15, 0.2) is 6.67 Å². The molecule has 1 saturated heterocycles. The van der Waals surface area contributed by atoms with E-state index in [-0.39, 0.29) is 24.0 Å². The first-order chi connectivity index (χ1) is 7.40. The van der Waals surface area contributed by atoms with Gasteiger partial charge in [-0.05, 0) is 6.42 Å². The predicted octanol–water partition coefficient (Wildman–Crippen LogP) is -2.62. The Balaban J connectivity index is 0.000000963. The van der Waals surface area contributed by atoms with Crippen LogP contribution in [0.2, 0.25) is 0 Å². The van der Waals surface area contributed by atoms with E-state index in [1.54, 1.807) is 0 Å². The fourth-order valence-corrected chi connectivity index (χ4v) is 4.12. The molecule has 0 amide bonds. The summed E-state index contributed by atoms with van der Waals surface area (Å²) in [7, 11) is 0. The van der Waals surface area contributed by atoms with Crippen molar-refractivity contribution in [3.8, 4) is 0 Å². The van der Waals surface area contributed by atoms with Gasteiger partial charge in [-0.1, -0.05) is 22.6 Å². The van der Waals surface area contributed by atoms with Crippen molar-refractivity contribution in [3.63, 3.8) is 0 Å². The molecule has 1 fully saturated rings. The van der Waals surface area contributed by atoms with Crippen LogP contribution in [0.3, 0.4) is 0 Å². The van der Waals surface area contributed by atoms with E-state index in [1.807, 2.05) is 18.1 Å². The number of amidine groups is 1. The SMILES string of the molecule is ICC1CCSC2=C3[NH2+]CN=C3N=CN21.[I-]. The van der Waals surface area contributed by atoms with Crippen molar-refractivity contribution < 1.29 is 29.3 Å². The maximum Gasteiger partial charge on any atom is 0.219 e. The summed E-state index contributed by atoms with van der Waals surface area (Å²) in [5.41, 5.74) is 1.26. The molecule has 88 valence electrons. The summed E-state index contributed by atoms with van der Waals surface area (Å²) in [5.74, 6) is 2.15. The Morgan fingerprint density at radius 3 is 3.31 bits per heavy atom.